The predicted octanol–water partition coefficient (Wildman–Crippen LogP) is 3.71. The van der Waals surface area contributed by atoms with E-state index in [2.05, 4.69) is 36.5 Å². The lowest BCUT2D eigenvalue weighted by Crippen LogP contribution is -2.34. The minimum Gasteiger partial charge on any atom is -0.350 e. The highest BCUT2D eigenvalue weighted by Crippen LogP contribution is 2.17. The maximum absolute atomic E-state index is 11.8. The van der Waals surface area contributed by atoms with E-state index < -0.39 is 0 Å². The number of hydrogen-bond acceptors (Lipinski definition) is 1. The van der Waals surface area contributed by atoms with Gasteiger partial charge in [0.25, 0.3) is 0 Å². The Morgan fingerprint density at radius 3 is 2.53 bits per heavy atom. The van der Waals surface area contributed by atoms with Crippen LogP contribution in [-0.4, -0.2) is 11.9 Å². The zero-order chi connectivity index (χ0) is 13.5. The van der Waals surface area contributed by atoms with Gasteiger partial charge in [-0.1, -0.05) is 50.5 Å². The van der Waals surface area contributed by atoms with Crippen LogP contribution in [0.5, 0.6) is 0 Å². The molecule has 1 aliphatic carbocycles. The third-order valence-corrected chi connectivity index (χ3v) is 3.77. The second-order valence-electron chi connectivity index (χ2n) is 5.27. The molecule has 0 bridgehead atoms. The highest BCUT2D eigenvalue weighted by molar-refractivity contribution is 5.91. The van der Waals surface area contributed by atoms with E-state index in [0.29, 0.717) is 6.04 Å². The molecule has 0 unspecified atom stereocenters. The van der Waals surface area contributed by atoms with Crippen molar-refractivity contribution in [1.29, 1.82) is 0 Å². The summed E-state index contributed by atoms with van der Waals surface area (Å²) < 4.78 is 0. The summed E-state index contributed by atoms with van der Waals surface area (Å²) in [7, 11) is 0. The van der Waals surface area contributed by atoms with Crippen LogP contribution in [0.25, 0.3) is 6.08 Å². The number of carbonyl (C=O) groups is 1. The summed E-state index contributed by atoms with van der Waals surface area (Å²) >= 11 is 0. The van der Waals surface area contributed by atoms with Crippen LogP contribution in [0.15, 0.2) is 30.3 Å². The molecule has 1 aromatic carbocycles. The fraction of sp³-hybridized carbons (Fsp3) is 0.471. The van der Waals surface area contributed by atoms with Gasteiger partial charge in [0.2, 0.25) is 5.91 Å². The normalized spacial score (nSPS) is 16.7. The number of amides is 1. The van der Waals surface area contributed by atoms with Gasteiger partial charge >= 0.3 is 0 Å². The molecule has 1 aromatic rings. The first kappa shape index (κ1) is 13.9. The van der Waals surface area contributed by atoms with Crippen LogP contribution < -0.4 is 5.32 Å². The molecule has 1 N–H and O–H groups in total. The van der Waals surface area contributed by atoms with Crippen molar-refractivity contribution in [2.45, 2.75) is 51.5 Å². The smallest absolute Gasteiger partial charge is 0.244 e. The molecule has 102 valence electrons. The number of hydrogen-bond donors (Lipinski definition) is 1. The maximum atomic E-state index is 11.8. The van der Waals surface area contributed by atoms with Gasteiger partial charge < -0.3 is 5.32 Å². The predicted molar refractivity (Wildman–Crippen MR) is 79.9 cm³/mol. The number of rotatable bonds is 4. The largest absolute Gasteiger partial charge is 0.350 e. The lowest BCUT2D eigenvalue weighted by atomic mass is 9.95. The van der Waals surface area contributed by atoms with Gasteiger partial charge in [0.1, 0.15) is 0 Å². The van der Waals surface area contributed by atoms with Crippen molar-refractivity contribution in [1.82, 2.24) is 5.32 Å². The van der Waals surface area contributed by atoms with E-state index in [9.17, 15) is 4.79 Å². The average molecular weight is 257 g/mol. The Kier molecular flexibility index (Phi) is 5.20. The quantitative estimate of drug-likeness (QED) is 0.818. The lowest BCUT2D eigenvalue weighted by Gasteiger charge is -2.21. The fourth-order valence-corrected chi connectivity index (χ4v) is 2.53. The van der Waals surface area contributed by atoms with Gasteiger partial charge in [0.15, 0.2) is 0 Å². The zero-order valence-corrected chi connectivity index (χ0v) is 11.7. The molecule has 0 atom stereocenters. The Morgan fingerprint density at radius 1 is 1.21 bits per heavy atom. The molecule has 0 heterocycles. The summed E-state index contributed by atoms with van der Waals surface area (Å²) in [5, 5.41) is 3.09. The highest BCUT2D eigenvalue weighted by Gasteiger charge is 2.13. The van der Waals surface area contributed by atoms with Gasteiger partial charge in [-0.2, -0.15) is 0 Å². The summed E-state index contributed by atoms with van der Waals surface area (Å²) in [6.45, 7) is 2.14. The van der Waals surface area contributed by atoms with Crippen molar-refractivity contribution < 1.29 is 4.79 Å². The average Bonchev–Trinajstić information content (AvgIpc) is 2.47. The molecule has 2 heteroatoms. The van der Waals surface area contributed by atoms with Crippen molar-refractivity contribution in [3.05, 3.63) is 41.5 Å². The first-order valence-electron chi connectivity index (χ1n) is 7.35. The van der Waals surface area contributed by atoms with E-state index in [-0.39, 0.29) is 5.91 Å². The first-order chi connectivity index (χ1) is 9.28. The van der Waals surface area contributed by atoms with Gasteiger partial charge in [-0.15, -0.1) is 0 Å². The molecule has 0 aliphatic heterocycles. The standard InChI is InChI=1S/C17H23NO/c1-2-14-8-10-15(11-9-14)12-13-17(19)18-16-6-4-3-5-7-16/h8-13,16H,2-7H2,1H3,(H,18,19). The Morgan fingerprint density at radius 2 is 1.89 bits per heavy atom. The van der Waals surface area contributed by atoms with Crippen molar-refractivity contribution >= 4 is 12.0 Å². The second kappa shape index (κ2) is 7.13. The van der Waals surface area contributed by atoms with E-state index in [4.69, 9.17) is 0 Å². The van der Waals surface area contributed by atoms with Gasteiger partial charge in [0, 0.05) is 12.1 Å². The van der Waals surface area contributed by atoms with E-state index >= 15 is 0 Å². The monoisotopic (exact) mass is 257 g/mol. The second-order valence-corrected chi connectivity index (χ2v) is 5.27. The van der Waals surface area contributed by atoms with E-state index in [1.807, 2.05) is 6.08 Å². The van der Waals surface area contributed by atoms with Crippen molar-refractivity contribution in [3.8, 4) is 0 Å². The number of carbonyl (C=O) groups excluding carboxylic acids is 1. The molecule has 1 amide bonds. The molecule has 19 heavy (non-hydrogen) atoms. The van der Waals surface area contributed by atoms with E-state index in [1.165, 1.54) is 24.8 Å². The van der Waals surface area contributed by atoms with Crippen LogP contribution >= 0.6 is 0 Å². The summed E-state index contributed by atoms with van der Waals surface area (Å²) in [5.41, 5.74) is 2.40. The summed E-state index contributed by atoms with van der Waals surface area (Å²) in [6.07, 6.45) is 10.6. The molecule has 1 aliphatic rings. The molecule has 0 aromatic heterocycles. The molecular formula is C17H23NO. The Balaban J connectivity index is 1.84. The third kappa shape index (κ3) is 4.55. The number of benzene rings is 1. The molecular weight excluding hydrogens is 234 g/mol. The molecule has 2 nitrogen and oxygen atoms in total. The Hall–Kier alpha value is -1.57. The van der Waals surface area contributed by atoms with Crippen LogP contribution in [0.3, 0.4) is 0 Å². The van der Waals surface area contributed by atoms with Crippen LogP contribution in [-0.2, 0) is 11.2 Å². The first-order valence-corrected chi connectivity index (χ1v) is 7.35. The van der Waals surface area contributed by atoms with E-state index in [1.54, 1.807) is 6.08 Å². The highest BCUT2D eigenvalue weighted by atomic mass is 16.1. The van der Waals surface area contributed by atoms with Crippen molar-refractivity contribution in [2.24, 2.45) is 0 Å². The lowest BCUT2D eigenvalue weighted by molar-refractivity contribution is -0.117. The topological polar surface area (TPSA) is 29.1 Å². The molecule has 0 spiro atoms. The summed E-state index contributed by atoms with van der Waals surface area (Å²) in [6, 6.07) is 8.72. The van der Waals surface area contributed by atoms with Gasteiger partial charge in [0.05, 0.1) is 0 Å². The summed E-state index contributed by atoms with van der Waals surface area (Å²) in [4.78, 5) is 11.8. The Bertz CT molecular complexity index is 427. The SMILES string of the molecule is CCc1ccc(C=CC(=O)NC2CCCCC2)cc1. The number of aryl methyl sites for hydroxylation is 1. The minimum atomic E-state index is 0.0338. The zero-order valence-electron chi connectivity index (χ0n) is 11.7. The minimum absolute atomic E-state index is 0.0338. The molecule has 0 radical (unpaired) electrons. The van der Waals surface area contributed by atoms with Crippen LogP contribution in [0.4, 0.5) is 0 Å². The van der Waals surface area contributed by atoms with Crippen molar-refractivity contribution in [2.75, 3.05) is 0 Å². The van der Waals surface area contributed by atoms with Gasteiger partial charge in [-0.25, -0.2) is 0 Å². The van der Waals surface area contributed by atoms with Crippen molar-refractivity contribution in [3.63, 3.8) is 0 Å². The maximum Gasteiger partial charge on any atom is 0.244 e. The fourth-order valence-electron chi connectivity index (χ4n) is 2.53. The van der Waals surface area contributed by atoms with Crippen LogP contribution in [0.1, 0.15) is 50.2 Å². The van der Waals surface area contributed by atoms with Crippen LogP contribution in [0, 0.1) is 0 Å². The Labute approximate surface area is 115 Å². The van der Waals surface area contributed by atoms with Gasteiger partial charge in [-0.3, -0.25) is 4.79 Å². The summed E-state index contributed by atoms with van der Waals surface area (Å²) in [5.74, 6) is 0.0338. The molecule has 1 fully saturated rings. The molecule has 0 saturated heterocycles. The molecule has 2 rings (SSSR count). The van der Waals surface area contributed by atoms with Crippen LogP contribution in [0.2, 0.25) is 0 Å². The number of nitrogens with one attached hydrogen (secondary N) is 1. The third-order valence-electron chi connectivity index (χ3n) is 3.77. The van der Waals surface area contributed by atoms with Gasteiger partial charge in [-0.05, 0) is 36.5 Å². The van der Waals surface area contributed by atoms with E-state index in [0.717, 1.165) is 24.8 Å². The molecule has 1 saturated carbocycles.